The van der Waals surface area contributed by atoms with Crippen LogP contribution < -0.4 is 15.0 Å². The van der Waals surface area contributed by atoms with E-state index in [9.17, 15) is 9.59 Å². The van der Waals surface area contributed by atoms with Gasteiger partial charge in [0, 0.05) is 7.05 Å². The van der Waals surface area contributed by atoms with Crippen LogP contribution in [0.2, 0.25) is 0 Å². The number of nitrogens with zero attached hydrogens (tertiary/aromatic N) is 3. The van der Waals surface area contributed by atoms with Gasteiger partial charge >= 0.3 is 0 Å². The molecular formula is C20H19N3O4. The van der Waals surface area contributed by atoms with E-state index in [-0.39, 0.29) is 24.1 Å². The van der Waals surface area contributed by atoms with Crippen molar-refractivity contribution in [3.63, 3.8) is 0 Å². The molecule has 0 bridgehead atoms. The standard InChI is InChI=1S/C20H19N3O4/c1-22(10-14-12-26-17-8-4-5-9-18(17)27-14)19(24)11-23-13-21-16-7-3-2-6-15(16)20(23)25/h2-9,13-14H,10-12H2,1H3/t14-/m1/s1. The zero-order valence-corrected chi connectivity index (χ0v) is 14.9. The Morgan fingerprint density at radius 3 is 2.78 bits per heavy atom. The number of carbonyl (C=O) groups is 1. The van der Waals surface area contributed by atoms with Crippen LogP contribution in [0, 0.1) is 0 Å². The number of hydrogen-bond donors (Lipinski definition) is 0. The van der Waals surface area contributed by atoms with E-state index < -0.39 is 0 Å². The second kappa shape index (κ2) is 7.11. The summed E-state index contributed by atoms with van der Waals surface area (Å²) in [6, 6.07) is 14.5. The molecule has 2 aromatic carbocycles. The molecule has 7 nitrogen and oxygen atoms in total. The smallest absolute Gasteiger partial charge is 0.261 e. The molecule has 4 rings (SSSR count). The van der Waals surface area contributed by atoms with Crippen LogP contribution in [0.1, 0.15) is 0 Å². The first-order chi connectivity index (χ1) is 13.1. The molecule has 0 radical (unpaired) electrons. The number of aromatic nitrogens is 2. The van der Waals surface area contributed by atoms with Crippen LogP contribution in [0.4, 0.5) is 0 Å². The fraction of sp³-hybridized carbons (Fsp3) is 0.250. The monoisotopic (exact) mass is 365 g/mol. The van der Waals surface area contributed by atoms with Gasteiger partial charge in [0.15, 0.2) is 17.6 Å². The molecule has 0 spiro atoms. The third kappa shape index (κ3) is 3.48. The number of benzene rings is 2. The summed E-state index contributed by atoms with van der Waals surface area (Å²) in [5.74, 6) is 1.18. The van der Waals surface area contributed by atoms with Crippen molar-refractivity contribution in [2.45, 2.75) is 12.6 Å². The molecule has 2 heterocycles. The third-order valence-electron chi connectivity index (χ3n) is 4.51. The number of para-hydroxylation sites is 3. The maximum atomic E-state index is 12.6. The zero-order chi connectivity index (χ0) is 18.8. The Balaban J connectivity index is 1.43. The van der Waals surface area contributed by atoms with Crippen LogP contribution in [0.5, 0.6) is 11.5 Å². The van der Waals surface area contributed by atoms with Gasteiger partial charge in [-0.1, -0.05) is 24.3 Å². The van der Waals surface area contributed by atoms with Gasteiger partial charge in [-0.3, -0.25) is 14.2 Å². The van der Waals surface area contributed by atoms with E-state index in [4.69, 9.17) is 9.47 Å². The Bertz CT molecular complexity index is 1050. The second-order valence-corrected chi connectivity index (χ2v) is 6.47. The lowest BCUT2D eigenvalue weighted by atomic mass is 10.2. The van der Waals surface area contributed by atoms with Gasteiger partial charge in [-0.25, -0.2) is 4.98 Å². The summed E-state index contributed by atoms with van der Waals surface area (Å²) in [5.41, 5.74) is 0.388. The maximum Gasteiger partial charge on any atom is 0.261 e. The average Bonchev–Trinajstić information content (AvgIpc) is 2.70. The van der Waals surface area contributed by atoms with Crippen molar-refractivity contribution in [3.8, 4) is 11.5 Å². The molecule has 138 valence electrons. The highest BCUT2D eigenvalue weighted by Crippen LogP contribution is 2.30. The summed E-state index contributed by atoms with van der Waals surface area (Å²) >= 11 is 0. The second-order valence-electron chi connectivity index (χ2n) is 6.47. The lowest BCUT2D eigenvalue weighted by Crippen LogP contribution is -2.43. The molecule has 1 atom stereocenters. The first-order valence-electron chi connectivity index (χ1n) is 8.68. The van der Waals surface area contributed by atoms with Crippen molar-refractivity contribution in [3.05, 3.63) is 65.2 Å². The fourth-order valence-electron chi connectivity index (χ4n) is 3.05. The van der Waals surface area contributed by atoms with Gasteiger partial charge in [-0.05, 0) is 24.3 Å². The Morgan fingerprint density at radius 1 is 1.19 bits per heavy atom. The third-order valence-corrected chi connectivity index (χ3v) is 4.51. The van der Waals surface area contributed by atoms with Crippen molar-refractivity contribution in [2.24, 2.45) is 0 Å². The van der Waals surface area contributed by atoms with Crippen LogP contribution in [0.25, 0.3) is 10.9 Å². The van der Waals surface area contributed by atoms with Gasteiger partial charge in [-0.2, -0.15) is 0 Å². The van der Waals surface area contributed by atoms with Crippen LogP contribution in [0.15, 0.2) is 59.7 Å². The van der Waals surface area contributed by atoms with Gasteiger partial charge in [0.05, 0.1) is 23.8 Å². The van der Waals surface area contributed by atoms with E-state index in [1.807, 2.05) is 30.3 Å². The van der Waals surface area contributed by atoms with Gasteiger partial charge in [0.25, 0.3) is 5.56 Å². The fourth-order valence-corrected chi connectivity index (χ4v) is 3.05. The highest BCUT2D eigenvalue weighted by atomic mass is 16.6. The molecular weight excluding hydrogens is 346 g/mol. The van der Waals surface area contributed by atoms with E-state index in [2.05, 4.69) is 4.98 Å². The van der Waals surface area contributed by atoms with Crippen LogP contribution in [-0.4, -0.2) is 46.7 Å². The molecule has 1 aromatic heterocycles. The van der Waals surface area contributed by atoms with Gasteiger partial charge < -0.3 is 14.4 Å². The largest absolute Gasteiger partial charge is 0.486 e. The Labute approximate surface area is 155 Å². The minimum Gasteiger partial charge on any atom is -0.486 e. The van der Waals surface area contributed by atoms with Crippen molar-refractivity contribution in [1.29, 1.82) is 0 Å². The molecule has 0 fully saturated rings. The molecule has 0 aliphatic carbocycles. The SMILES string of the molecule is CN(C[C@@H]1COc2ccccc2O1)C(=O)Cn1cnc2ccccc2c1=O. The minimum atomic E-state index is -0.264. The summed E-state index contributed by atoms with van der Waals surface area (Å²) in [7, 11) is 1.69. The first-order valence-corrected chi connectivity index (χ1v) is 8.68. The molecule has 0 saturated heterocycles. The number of rotatable bonds is 4. The molecule has 7 heteroatoms. The Hall–Kier alpha value is -3.35. The molecule has 1 aliphatic heterocycles. The van der Waals surface area contributed by atoms with Gasteiger partial charge in [0.2, 0.25) is 5.91 Å². The lowest BCUT2D eigenvalue weighted by Gasteiger charge is -2.29. The van der Waals surface area contributed by atoms with E-state index in [0.717, 1.165) is 0 Å². The molecule has 1 amide bonds. The average molecular weight is 365 g/mol. The molecule has 0 N–H and O–H groups in total. The number of fused-ring (bicyclic) bond motifs is 2. The van der Waals surface area contributed by atoms with Gasteiger partial charge in [0.1, 0.15) is 13.2 Å². The van der Waals surface area contributed by atoms with Crippen LogP contribution in [-0.2, 0) is 11.3 Å². The van der Waals surface area contributed by atoms with Crippen LogP contribution >= 0.6 is 0 Å². The predicted octanol–water partition coefficient (Wildman–Crippen LogP) is 1.69. The molecule has 1 aliphatic rings. The molecule has 27 heavy (non-hydrogen) atoms. The van der Waals surface area contributed by atoms with Crippen molar-refractivity contribution in [2.75, 3.05) is 20.2 Å². The summed E-state index contributed by atoms with van der Waals surface area (Å²) < 4.78 is 12.9. The number of likely N-dealkylation sites (N-methyl/N-ethyl adjacent to an activating group) is 1. The van der Waals surface area contributed by atoms with Crippen molar-refractivity contribution < 1.29 is 14.3 Å². The number of amides is 1. The zero-order valence-electron chi connectivity index (χ0n) is 14.9. The summed E-state index contributed by atoms with van der Waals surface area (Å²) in [4.78, 5) is 30.9. The van der Waals surface area contributed by atoms with Gasteiger partial charge in [-0.15, -0.1) is 0 Å². The normalized spacial score (nSPS) is 15.5. The highest BCUT2D eigenvalue weighted by Gasteiger charge is 2.24. The Morgan fingerprint density at radius 2 is 1.93 bits per heavy atom. The minimum absolute atomic E-state index is 0.0721. The van der Waals surface area contributed by atoms with E-state index in [1.165, 1.54) is 10.9 Å². The molecule has 0 unspecified atom stereocenters. The topological polar surface area (TPSA) is 73.7 Å². The first kappa shape index (κ1) is 17.1. The number of carbonyl (C=O) groups excluding carboxylic acids is 1. The summed E-state index contributed by atoms with van der Waals surface area (Å²) in [6.45, 7) is 0.659. The number of ether oxygens (including phenoxy) is 2. The van der Waals surface area contributed by atoms with E-state index in [1.54, 1.807) is 30.1 Å². The number of hydrogen-bond acceptors (Lipinski definition) is 5. The van der Waals surface area contributed by atoms with Crippen molar-refractivity contribution >= 4 is 16.8 Å². The van der Waals surface area contributed by atoms with Crippen LogP contribution in [0.3, 0.4) is 0 Å². The maximum absolute atomic E-state index is 12.6. The van der Waals surface area contributed by atoms with E-state index in [0.29, 0.717) is 35.6 Å². The lowest BCUT2D eigenvalue weighted by molar-refractivity contribution is -0.132. The summed E-state index contributed by atoms with van der Waals surface area (Å²) in [5, 5.41) is 0.496. The molecule has 0 saturated carbocycles. The van der Waals surface area contributed by atoms with Crippen molar-refractivity contribution in [1.82, 2.24) is 14.5 Å². The molecule has 3 aromatic rings. The summed E-state index contributed by atoms with van der Waals surface area (Å²) in [6.07, 6.45) is 1.15. The highest BCUT2D eigenvalue weighted by molar-refractivity contribution is 5.78. The quantitative estimate of drug-likeness (QED) is 0.704. The predicted molar refractivity (Wildman–Crippen MR) is 100.0 cm³/mol. The van der Waals surface area contributed by atoms with E-state index >= 15 is 0 Å². The Kier molecular flexibility index (Phi) is 4.50.